The van der Waals surface area contributed by atoms with Gasteiger partial charge in [-0.25, -0.2) is 0 Å². The molecular formula is C16H20ClNO2. The number of amides is 1. The Labute approximate surface area is 125 Å². The van der Waals surface area contributed by atoms with Crippen LogP contribution >= 0.6 is 11.6 Å². The van der Waals surface area contributed by atoms with Gasteiger partial charge in [0.25, 0.3) is 5.91 Å². The quantitative estimate of drug-likeness (QED) is 0.840. The Morgan fingerprint density at radius 3 is 2.90 bits per heavy atom. The number of benzene rings is 1. The number of ether oxygens (including phenoxy) is 1. The van der Waals surface area contributed by atoms with Crippen molar-refractivity contribution in [1.29, 1.82) is 0 Å². The second-order valence-electron chi connectivity index (χ2n) is 5.02. The minimum absolute atomic E-state index is 0.114. The van der Waals surface area contributed by atoms with E-state index in [2.05, 4.69) is 11.4 Å². The van der Waals surface area contributed by atoms with E-state index in [1.54, 1.807) is 19.1 Å². The Hall–Kier alpha value is -1.48. The number of para-hydroxylation sites is 1. The second-order valence-corrected chi connectivity index (χ2v) is 5.42. The second kappa shape index (κ2) is 7.34. The molecule has 0 saturated carbocycles. The monoisotopic (exact) mass is 293 g/mol. The summed E-state index contributed by atoms with van der Waals surface area (Å²) in [4.78, 5) is 12.0. The maximum atomic E-state index is 12.0. The molecule has 0 aromatic heterocycles. The number of rotatable bonds is 5. The van der Waals surface area contributed by atoms with Gasteiger partial charge in [-0.1, -0.05) is 35.4 Å². The van der Waals surface area contributed by atoms with Crippen molar-refractivity contribution in [1.82, 2.24) is 5.32 Å². The molecule has 0 fully saturated rings. The summed E-state index contributed by atoms with van der Waals surface area (Å²) in [5.41, 5.74) is 1.31. The van der Waals surface area contributed by atoms with E-state index < -0.39 is 6.10 Å². The topological polar surface area (TPSA) is 38.3 Å². The molecule has 0 saturated heterocycles. The van der Waals surface area contributed by atoms with Gasteiger partial charge in [-0.3, -0.25) is 4.79 Å². The van der Waals surface area contributed by atoms with E-state index in [9.17, 15) is 4.79 Å². The summed E-state index contributed by atoms with van der Waals surface area (Å²) < 4.78 is 5.58. The maximum absolute atomic E-state index is 12.0. The van der Waals surface area contributed by atoms with Gasteiger partial charge in [-0.05, 0) is 44.7 Å². The van der Waals surface area contributed by atoms with E-state index in [0.717, 1.165) is 12.8 Å². The fourth-order valence-corrected chi connectivity index (χ4v) is 2.37. The van der Waals surface area contributed by atoms with Gasteiger partial charge in [0.1, 0.15) is 5.75 Å². The van der Waals surface area contributed by atoms with Crippen LogP contribution in [0.1, 0.15) is 32.6 Å². The number of carbonyl (C=O) groups excluding carboxylic acids is 1. The van der Waals surface area contributed by atoms with Crippen molar-refractivity contribution in [2.75, 3.05) is 6.54 Å². The van der Waals surface area contributed by atoms with Gasteiger partial charge >= 0.3 is 0 Å². The lowest BCUT2D eigenvalue weighted by molar-refractivity contribution is -0.127. The van der Waals surface area contributed by atoms with Crippen LogP contribution in [0.15, 0.2) is 35.9 Å². The van der Waals surface area contributed by atoms with Crippen LogP contribution in [0, 0.1) is 0 Å². The zero-order valence-corrected chi connectivity index (χ0v) is 12.5. The van der Waals surface area contributed by atoms with Crippen LogP contribution in [0.3, 0.4) is 0 Å². The molecular weight excluding hydrogens is 274 g/mol. The van der Waals surface area contributed by atoms with Crippen LogP contribution in [0.5, 0.6) is 5.75 Å². The van der Waals surface area contributed by atoms with Crippen molar-refractivity contribution in [3.05, 3.63) is 40.9 Å². The number of hydrogen-bond donors (Lipinski definition) is 1. The molecule has 1 N–H and O–H groups in total. The van der Waals surface area contributed by atoms with Gasteiger partial charge in [0.05, 0.1) is 5.02 Å². The van der Waals surface area contributed by atoms with Crippen LogP contribution in [-0.4, -0.2) is 18.6 Å². The predicted molar refractivity (Wildman–Crippen MR) is 81.1 cm³/mol. The minimum atomic E-state index is -0.556. The lowest BCUT2D eigenvalue weighted by atomic mass is 10.00. The van der Waals surface area contributed by atoms with Crippen molar-refractivity contribution < 1.29 is 9.53 Å². The average Bonchev–Trinajstić information content (AvgIpc) is 2.48. The van der Waals surface area contributed by atoms with Crippen molar-refractivity contribution in [3.8, 4) is 5.75 Å². The maximum Gasteiger partial charge on any atom is 0.261 e. The van der Waals surface area contributed by atoms with E-state index >= 15 is 0 Å². The Morgan fingerprint density at radius 2 is 2.20 bits per heavy atom. The number of nitrogens with one attached hydrogen (secondary N) is 1. The van der Waals surface area contributed by atoms with Crippen molar-refractivity contribution in [3.63, 3.8) is 0 Å². The van der Waals surface area contributed by atoms with Crippen LogP contribution < -0.4 is 10.1 Å². The first kappa shape index (κ1) is 14.9. The third-order valence-corrected chi connectivity index (χ3v) is 3.70. The lowest BCUT2D eigenvalue weighted by Crippen LogP contribution is -2.37. The summed E-state index contributed by atoms with van der Waals surface area (Å²) in [6.45, 7) is 2.35. The van der Waals surface area contributed by atoms with Crippen LogP contribution in [0.4, 0.5) is 0 Å². The van der Waals surface area contributed by atoms with Crippen LogP contribution in [0.25, 0.3) is 0 Å². The summed E-state index contributed by atoms with van der Waals surface area (Å²) in [5, 5.41) is 3.43. The summed E-state index contributed by atoms with van der Waals surface area (Å²) in [6, 6.07) is 7.16. The van der Waals surface area contributed by atoms with E-state index in [-0.39, 0.29) is 5.91 Å². The van der Waals surface area contributed by atoms with E-state index in [0.29, 0.717) is 17.3 Å². The van der Waals surface area contributed by atoms with Crippen molar-refractivity contribution in [2.45, 2.75) is 38.7 Å². The first-order valence-electron chi connectivity index (χ1n) is 7.03. The standard InChI is InChI=1S/C16H20ClNO2/c1-12(20-15-10-6-5-9-14(15)17)16(19)18-11-13-7-3-2-4-8-13/h5-7,9-10,12H,2-4,8,11H2,1H3,(H,18,19)/t12-/m0/s1. The molecule has 3 nitrogen and oxygen atoms in total. The van der Waals surface area contributed by atoms with Gasteiger partial charge in [0.15, 0.2) is 6.10 Å². The zero-order valence-electron chi connectivity index (χ0n) is 11.7. The molecule has 1 aromatic carbocycles. The fraction of sp³-hybridized carbons (Fsp3) is 0.438. The minimum Gasteiger partial charge on any atom is -0.479 e. The molecule has 0 aliphatic heterocycles. The third-order valence-electron chi connectivity index (χ3n) is 3.38. The zero-order chi connectivity index (χ0) is 14.4. The highest BCUT2D eigenvalue weighted by molar-refractivity contribution is 6.32. The summed E-state index contributed by atoms with van der Waals surface area (Å²) in [7, 11) is 0. The molecule has 1 atom stereocenters. The Bertz CT molecular complexity index is 499. The van der Waals surface area contributed by atoms with Gasteiger partial charge in [-0.15, -0.1) is 0 Å². The Balaban J connectivity index is 1.83. The summed E-state index contributed by atoms with van der Waals surface area (Å²) >= 11 is 6.01. The van der Waals surface area contributed by atoms with E-state index in [4.69, 9.17) is 16.3 Å². The van der Waals surface area contributed by atoms with Gasteiger partial charge in [0.2, 0.25) is 0 Å². The average molecular weight is 294 g/mol. The van der Waals surface area contributed by atoms with Crippen LogP contribution in [0.2, 0.25) is 5.02 Å². The number of carbonyl (C=O) groups is 1. The van der Waals surface area contributed by atoms with Crippen molar-refractivity contribution in [2.24, 2.45) is 0 Å². The highest BCUT2D eigenvalue weighted by atomic mass is 35.5. The normalized spacial score (nSPS) is 16.2. The highest BCUT2D eigenvalue weighted by Gasteiger charge is 2.16. The van der Waals surface area contributed by atoms with Crippen LogP contribution in [-0.2, 0) is 4.79 Å². The van der Waals surface area contributed by atoms with Gasteiger partial charge in [0, 0.05) is 6.54 Å². The first-order valence-corrected chi connectivity index (χ1v) is 7.41. The molecule has 1 aliphatic rings. The van der Waals surface area contributed by atoms with E-state index in [1.807, 2.05) is 12.1 Å². The highest BCUT2D eigenvalue weighted by Crippen LogP contribution is 2.24. The summed E-state index contributed by atoms with van der Waals surface area (Å²) in [6.07, 6.45) is 6.34. The molecule has 1 amide bonds. The van der Waals surface area contributed by atoms with E-state index in [1.165, 1.54) is 18.4 Å². The molecule has 1 aliphatic carbocycles. The summed E-state index contributed by atoms with van der Waals surface area (Å²) in [5.74, 6) is 0.421. The lowest BCUT2D eigenvalue weighted by Gasteiger charge is -2.17. The van der Waals surface area contributed by atoms with Gasteiger partial charge < -0.3 is 10.1 Å². The Kier molecular flexibility index (Phi) is 5.48. The molecule has 20 heavy (non-hydrogen) atoms. The fourth-order valence-electron chi connectivity index (χ4n) is 2.19. The third kappa shape index (κ3) is 4.27. The molecule has 0 bridgehead atoms. The molecule has 1 aromatic rings. The largest absolute Gasteiger partial charge is 0.479 e. The molecule has 0 unspecified atom stereocenters. The molecule has 4 heteroatoms. The van der Waals surface area contributed by atoms with Gasteiger partial charge in [-0.2, -0.15) is 0 Å². The first-order chi connectivity index (χ1) is 9.66. The Morgan fingerprint density at radius 1 is 1.40 bits per heavy atom. The molecule has 0 radical (unpaired) electrons. The smallest absolute Gasteiger partial charge is 0.261 e. The van der Waals surface area contributed by atoms with Crippen molar-refractivity contribution >= 4 is 17.5 Å². The molecule has 108 valence electrons. The molecule has 2 rings (SSSR count). The molecule has 0 heterocycles. The SMILES string of the molecule is C[C@H](Oc1ccccc1Cl)C(=O)NCC1=CCCCC1. The number of halogens is 1. The number of hydrogen-bond acceptors (Lipinski definition) is 2. The molecule has 0 spiro atoms. The predicted octanol–water partition coefficient (Wildman–Crippen LogP) is 3.72. The number of allylic oxidation sites excluding steroid dienone is 1.